The minimum atomic E-state index is -0.974. The van der Waals surface area contributed by atoms with Crippen molar-refractivity contribution < 1.29 is 23.8 Å². The van der Waals surface area contributed by atoms with Crippen LogP contribution in [0.5, 0.6) is 11.6 Å². The predicted octanol–water partition coefficient (Wildman–Crippen LogP) is 5.57. The Kier molecular flexibility index (Phi) is 8.19. The summed E-state index contributed by atoms with van der Waals surface area (Å²) >= 11 is 0. The number of fused-ring (bicyclic) bond motifs is 1. The number of hydrogen-bond donors (Lipinski definition) is 1. The van der Waals surface area contributed by atoms with Crippen molar-refractivity contribution in [1.29, 1.82) is 5.26 Å². The van der Waals surface area contributed by atoms with Gasteiger partial charge in [0.1, 0.15) is 18.5 Å². The molecule has 3 heterocycles. The number of carboxylic acids is 1. The van der Waals surface area contributed by atoms with Gasteiger partial charge >= 0.3 is 5.97 Å². The van der Waals surface area contributed by atoms with Crippen LogP contribution in [0.2, 0.25) is 0 Å². The molecule has 2 aromatic heterocycles. The Hall–Kier alpha value is -4.93. The normalized spacial score (nSPS) is 16.2. The van der Waals surface area contributed by atoms with Crippen LogP contribution in [-0.4, -0.2) is 49.7 Å². The largest absolute Gasteiger partial charge is 0.484 e. The van der Waals surface area contributed by atoms with Crippen molar-refractivity contribution in [3.05, 3.63) is 83.1 Å². The highest BCUT2D eigenvalue weighted by atomic mass is 19.1. The van der Waals surface area contributed by atoms with Crippen molar-refractivity contribution in [3.63, 3.8) is 0 Å². The number of imidazole rings is 1. The number of halogens is 1. The topological polar surface area (TPSA) is 113 Å². The summed E-state index contributed by atoms with van der Waals surface area (Å²) in [6.45, 7) is 2.97. The third kappa shape index (κ3) is 6.51. The molecule has 44 heavy (non-hydrogen) atoms. The number of nitriles is 1. The lowest BCUT2D eigenvalue weighted by Gasteiger charge is -2.32. The molecule has 9 nitrogen and oxygen atoms in total. The summed E-state index contributed by atoms with van der Waals surface area (Å²) in [5.41, 5.74) is 2.79. The number of ether oxygens (including phenoxy) is 2. The van der Waals surface area contributed by atoms with Gasteiger partial charge in [0.2, 0.25) is 5.88 Å². The molecule has 1 saturated heterocycles. The molecule has 1 N–H and O–H groups in total. The van der Waals surface area contributed by atoms with Crippen molar-refractivity contribution in [2.75, 3.05) is 13.1 Å². The number of aromatic nitrogens is 3. The third-order valence-corrected chi connectivity index (χ3v) is 8.42. The Morgan fingerprint density at radius 2 is 1.95 bits per heavy atom. The lowest BCUT2D eigenvalue weighted by molar-refractivity contribution is 0.0697. The quantitative estimate of drug-likeness (QED) is 0.225. The van der Waals surface area contributed by atoms with Crippen LogP contribution in [0, 0.1) is 34.9 Å². The molecular formula is C34H32FN5O4. The van der Waals surface area contributed by atoms with Crippen LogP contribution < -0.4 is 9.47 Å². The molecule has 4 aromatic rings. The maximum absolute atomic E-state index is 14.2. The van der Waals surface area contributed by atoms with Gasteiger partial charge in [-0.1, -0.05) is 12.0 Å². The summed E-state index contributed by atoms with van der Waals surface area (Å²) in [6, 6.07) is 17.2. The van der Waals surface area contributed by atoms with Crippen LogP contribution >= 0.6 is 0 Å². The molecule has 1 aliphatic carbocycles. The summed E-state index contributed by atoms with van der Waals surface area (Å²) < 4.78 is 28.2. The highest BCUT2D eigenvalue weighted by Crippen LogP contribution is 2.50. The molecule has 1 saturated carbocycles. The summed E-state index contributed by atoms with van der Waals surface area (Å²) in [6.07, 6.45) is 9.36. The molecule has 0 atom stereocenters. The van der Waals surface area contributed by atoms with Crippen molar-refractivity contribution in [1.82, 2.24) is 19.4 Å². The first kappa shape index (κ1) is 29.2. The number of likely N-dealkylation sites (tertiary alicyclic amines) is 1. The number of rotatable bonds is 11. The lowest BCUT2D eigenvalue weighted by Crippen LogP contribution is -2.38. The van der Waals surface area contributed by atoms with Crippen LogP contribution in [-0.2, 0) is 19.7 Å². The highest BCUT2D eigenvalue weighted by Gasteiger charge is 2.43. The molecule has 0 radical (unpaired) electrons. The van der Waals surface area contributed by atoms with Gasteiger partial charge in [-0.15, -0.1) is 6.42 Å². The van der Waals surface area contributed by atoms with Crippen molar-refractivity contribution in [3.8, 4) is 30.0 Å². The zero-order valence-corrected chi connectivity index (χ0v) is 24.2. The Morgan fingerprint density at radius 3 is 2.66 bits per heavy atom. The SMILES string of the molecule is C#Cc1ccc(OCc2cccc(OC3CCN(Cc4nc5ccc(C(=O)O)cc5n4CC4(CC#N)CC4)CC3)n2)c(F)c1. The number of carboxylic acid groups (broad SMARTS) is 1. The summed E-state index contributed by atoms with van der Waals surface area (Å²) in [4.78, 5) is 23.4. The molecule has 10 heteroatoms. The van der Waals surface area contributed by atoms with Crippen LogP contribution in [0.1, 0.15) is 59.5 Å². The van der Waals surface area contributed by atoms with Gasteiger partial charge in [0.15, 0.2) is 11.6 Å². The van der Waals surface area contributed by atoms with Crippen LogP contribution in [0.3, 0.4) is 0 Å². The highest BCUT2D eigenvalue weighted by molar-refractivity contribution is 5.92. The van der Waals surface area contributed by atoms with E-state index in [9.17, 15) is 19.6 Å². The number of benzene rings is 2. The molecule has 2 aliphatic rings. The van der Waals surface area contributed by atoms with Crippen molar-refractivity contribution in [2.45, 2.75) is 57.9 Å². The van der Waals surface area contributed by atoms with Crippen LogP contribution in [0.4, 0.5) is 4.39 Å². The molecule has 0 spiro atoms. The van der Waals surface area contributed by atoms with Gasteiger partial charge in [0.05, 0.1) is 34.9 Å². The van der Waals surface area contributed by atoms with E-state index in [1.807, 2.05) is 6.07 Å². The molecule has 2 fully saturated rings. The standard InChI is InChI=1S/C34H32FN5O4/c1-2-23-6-9-30(27(35)18-23)43-21-25-4-3-5-32(37-25)44-26-10-16-39(17-11-26)20-31-38-28-8-7-24(33(41)42)19-29(28)40(31)22-34(12-13-34)14-15-36/h1,3-9,18-19,26H,10-14,16-17,20-22H2,(H,41,42). The molecule has 0 amide bonds. The number of aromatic carboxylic acids is 1. The van der Waals surface area contributed by atoms with Gasteiger partial charge in [-0.25, -0.2) is 19.2 Å². The van der Waals surface area contributed by atoms with E-state index in [-0.39, 0.29) is 29.4 Å². The number of terminal acetylenes is 1. The average Bonchev–Trinajstić information content (AvgIpc) is 3.71. The van der Waals surface area contributed by atoms with Crippen LogP contribution in [0.15, 0.2) is 54.6 Å². The fourth-order valence-electron chi connectivity index (χ4n) is 5.69. The fourth-order valence-corrected chi connectivity index (χ4v) is 5.69. The molecule has 224 valence electrons. The first-order valence-corrected chi connectivity index (χ1v) is 14.7. The number of pyridine rings is 1. The fraction of sp³-hybridized carbons (Fsp3) is 0.353. The maximum atomic E-state index is 14.2. The monoisotopic (exact) mass is 593 g/mol. The predicted molar refractivity (Wildman–Crippen MR) is 160 cm³/mol. The second kappa shape index (κ2) is 12.4. The van der Waals surface area contributed by atoms with Crippen molar-refractivity contribution >= 4 is 17.0 Å². The Bertz CT molecular complexity index is 1780. The van der Waals surface area contributed by atoms with Gasteiger partial charge in [-0.05, 0) is 68.1 Å². The van der Waals surface area contributed by atoms with E-state index < -0.39 is 11.8 Å². The summed E-state index contributed by atoms with van der Waals surface area (Å²) in [7, 11) is 0. The van der Waals surface area contributed by atoms with E-state index in [4.69, 9.17) is 20.9 Å². The lowest BCUT2D eigenvalue weighted by atomic mass is 10.0. The molecule has 6 rings (SSSR count). The summed E-state index contributed by atoms with van der Waals surface area (Å²) in [5, 5.41) is 18.9. The smallest absolute Gasteiger partial charge is 0.335 e. The van der Waals surface area contributed by atoms with Gasteiger partial charge in [0, 0.05) is 43.1 Å². The van der Waals surface area contributed by atoms with Gasteiger partial charge < -0.3 is 19.1 Å². The van der Waals surface area contributed by atoms with Gasteiger partial charge in [-0.2, -0.15) is 5.26 Å². The molecular weight excluding hydrogens is 561 g/mol. The zero-order valence-electron chi connectivity index (χ0n) is 24.2. The third-order valence-electron chi connectivity index (χ3n) is 8.42. The second-order valence-corrected chi connectivity index (χ2v) is 11.6. The second-order valence-electron chi connectivity index (χ2n) is 11.6. The Balaban J connectivity index is 1.08. The van der Waals surface area contributed by atoms with Gasteiger partial charge in [0.25, 0.3) is 0 Å². The van der Waals surface area contributed by atoms with Crippen LogP contribution in [0.25, 0.3) is 11.0 Å². The summed E-state index contributed by atoms with van der Waals surface area (Å²) in [5.74, 6) is 2.39. The van der Waals surface area contributed by atoms with E-state index in [0.29, 0.717) is 36.6 Å². The maximum Gasteiger partial charge on any atom is 0.335 e. The molecule has 2 aromatic carbocycles. The first-order valence-electron chi connectivity index (χ1n) is 14.7. The number of hydrogen-bond acceptors (Lipinski definition) is 7. The number of nitrogens with zero attached hydrogens (tertiary/aromatic N) is 5. The van der Waals surface area contributed by atoms with E-state index in [0.717, 1.165) is 55.6 Å². The van der Waals surface area contributed by atoms with E-state index in [1.165, 1.54) is 12.1 Å². The Labute approximate surface area is 254 Å². The van der Waals surface area contributed by atoms with E-state index in [2.05, 4.69) is 26.4 Å². The minimum Gasteiger partial charge on any atom is -0.484 e. The first-order chi connectivity index (χ1) is 21.3. The van der Waals surface area contributed by atoms with E-state index in [1.54, 1.807) is 36.4 Å². The Morgan fingerprint density at radius 1 is 1.14 bits per heavy atom. The van der Waals surface area contributed by atoms with Gasteiger partial charge in [-0.3, -0.25) is 4.90 Å². The molecule has 1 aliphatic heterocycles. The number of carbonyl (C=O) groups is 1. The number of piperidine rings is 1. The minimum absolute atomic E-state index is 0.00836. The average molecular weight is 594 g/mol. The van der Waals surface area contributed by atoms with E-state index >= 15 is 0 Å². The zero-order chi connectivity index (χ0) is 30.7. The van der Waals surface area contributed by atoms with Crippen molar-refractivity contribution in [2.24, 2.45) is 5.41 Å². The molecule has 0 bridgehead atoms. The molecule has 0 unspecified atom stereocenters.